The van der Waals surface area contributed by atoms with Crippen LogP contribution in [0.3, 0.4) is 0 Å². The van der Waals surface area contributed by atoms with Gasteiger partial charge in [0.25, 0.3) is 0 Å². The van der Waals surface area contributed by atoms with Gasteiger partial charge in [0, 0.05) is 42.2 Å². The fourth-order valence-electron chi connectivity index (χ4n) is 5.72. The smallest absolute Gasteiger partial charge is 0.114 e. The molecule has 3 aliphatic rings. The van der Waals surface area contributed by atoms with Gasteiger partial charge in [-0.25, -0.2) is 4.98 Å². The number of ether oxygens (including phenoxy) is 1. The summed E-state index contributed by atoms with van der Waals surface area (Å²) in [6, 6.07) is 15.9. The molecule has 5 heteroatoms. The molecule has 1 spiro atoms. The van der Waals surface area contributed by atoms with Crippen LogP contribution in [0.2, 0.25) is 0 Å². The van der Waals surface area contributed by atoms with Gasteiger partial charge >= 0.3 is 0 Å². The number of imidazole rings is 1. The molecule has 1 aromatic heterocycles. The van der Waals surface area contributed by atoms with Gasteiger partial charge in [-0.15, -0.1) is 0 Å². The first-order valence-electron chi connectivity index (χ1n) is 12.3. The monoisotopic (exact) mass is 430 g/mol. The van der Waals surface area contributed by atoms with Gasteiger partial charge in [0.2, 0.25) is 0 Å². The highest BCUT2D eigenvalue weighted by Crippen LogP contribution is 2.38. The molecular weight excluding hydrogens is 396 g/mol. The van der Waals surface area contributed by atoms with E-state index in [1.54, 1.807) is 0 Å². The SMILES string of the molecule is C[C@H]1CCc2c(ccc3c2nc(Cc2ccccc2)n3CCN2CCC3(CC2)COC3)N1. The van der Waals surface area contributed by atoms with E-state index in [-0.39, 0.29) is 0 Å². The Morgan fingerprint density at radius 2 is 1.88 bits per heavy atom. The van der Waals surface area contributed by atoms with Gasteiger partial charge < -0.3 is 19.5 Å². The lowest BCUT2D eigenvalue weighted by Crippen LogP contribution is -2.51. The average Bonchev–Trinajstić information content (AvgIpc) is 3.14. The summed E-state index contributed by atoms with van der Waals surface area (Å²) in [5.41, 5.74) is 7.01. The maximum atomic E-state index is 5.51. The first-order valence-corrected chi connectivity index (χ1v) is 12.3. The fourth-order valence-corrected chi connectivity index (χ4v) is 5.72. The highest BCUT2D eigenvalue weighted by Gasteiger charge is 2.40. The first-order chi connectivity index (χ1) is 15.7. The molecular formula is C27H34N4O. The molecule has 1 N–H and O–H groups in total. The van der Waals surface area contributed by atoms with Crippen molar-refractivity contribution in [2.45, 2.75) is 51.6 Å². The zero-order chi connectivity index (χ0) is 21.5. The molecule has 0 radical (unpaired) electrons. The van der Waals surface area contributed by atoms with E-state index in [9.17, 15) is 0 Å². The van der Waals surface area contributed by atoms with Gasteiger partial charge in [-0.2, -0.15) is 0 Å². The van der Waals surface area contributed by atoms with E-state index in [4.69, 9.17) is 9.72 Å². The van der Waals surface area contributed by atoms with Crippen molar-refractivity contribution in [2.24, 2.45) is 5.41 Å². The van der Waals surface area contributed by atoms with E-state index >= 15 is 0 Å². The van der Waals surface area contributed by atoms with Crippen LogP contribution in [-0.4, -0.2) is 53.3 Å². The van der Waals surface area contributed by atoms with Gasteiger partial charge in [0.1, 0.15) is 5.82 Å². The lowest BCUT2D eigenvalue weighted by Gasteiger charge is -2.47. The lowest BCUT2D eigenvalue weighted by atomic mass is 9.77. The average molecular weight is 431 g/mol. The fraction of sp³-hybridized carbons (Fsp3) is 0.519. The van der Waals surface area contributed by atoms with Crippen LogP contribution in [0, 0.1) is 5.41 Å². The number of rotatable bonds is 5. The molecule has 0 unspecified atom stereocenters. The lowest BCUT2D eigenvalue weighted by molar-refractivity contribution is -0.139. The second-order valence-corrected chi connectivity index (χ2v) is 10.2. The standard InChI is InChI=1S/C27H34N4O/c1-20-7-8-22-23(28-20)9-10-24-26(22)29-25(17-21-5-3-2-4-6-21)31(24)16-15-30-13-11-27(12-14-30)18-32-19-27/h2-6,9-10,20,28H,7-8,11-19H2,1H3/t20-/m0/s1. The van der Waals surface area contributed by atoms with Crippen molar-refractivity contribution >= 4 is 16.7 Å². The Labute approximate surface area is 190 Å². The number of hydrogen-bond acceptors (Lipinski definition) is 4. The maximum absolute atomic E-state index is 5.51. The van der Waals surface area contributed by atoms with Crippen molar-refractivity contribution in [3.63, 3.8) is 0 Å². The third-order valence-electron chi connectivity index (χ3n) is 7.91. The Hall–Kier alpha value is -2.37. The summed E-state index contributed by atoms with van der Waals surface area (Å²) in [6.45, 7) is 8.72. The summed E-state index contributed by atoms with van der Waals surface area (Å²) in [6.07, 6.45) is 5.73. The van der Waals surface area contributed by atoms with Crippen molar-refractivity contribution in [3.05, 3.63) is 59.4 Å². The third-order valence-corrected chi connectivity index (χ3v) is 7.91. The van der Waals surface area contributed by atoms with E-state index in [2.05, 4.69) is 64.2 Å². The Morgan fingerprint density at radius 3 is 2.62 bits per heavy atom. The number of likely N-dealkylation sites (tertiary alicyclic amines) is 1. The molecule has 4 heterocycles. The van der Waals surface area contributed by atoms with Crippen LogP contribution in [0.5, 0.6) is 0 Å². The number of aryl methyl sites for hydroxylation is 1. The molecule has 2 fully saturated rings. The molecule has 5 nitrogen and oxygen atoms in total. The van der Waals surface area contributed by atoms with Gasteiger partial charge in [-0.3, -0.25) is 0 Å². The first kappa shape index (κ1) is 20.3. The van der Waals surface area contributed by atoms with Gasteiger partial charge in [-0.05, 0) is 63.4 Å². The molecule has 0 saturated carbocycles. The minimum atomic E-state index is 0.500. The van der Waals surface area contributed by atoms with Gasteiger partial charge in [0.05, 0.1) is 24.2 Å². The van der Waals surface area contributed by atoms with E-state index in [0.717, 1.165) is 39.1 Å². The minimum Gasteiger partial charge on any atom is -0.382 e. The van der Waals surface area contributed by atoms with E-state index in [0.29, 0.717) is 11.5 Å². The number of anilines is 1. The van der Waals surface area contributed by atoms with Crippen LogP contribution in [0.4, 0.5) is 5.69 Å². The zero-order valence-corrected chi connectivity index (χ0v) is 19.1. The number of benzene rings is 2. The van der Waals surface area contributed by atoms with Crippen LogP contribution in [0.15, 0.2) is 42.5 Å². The molecule has 6 rings (SSSR count). The Balaban J connectivity index is 1.28. The second-order valence-electron chi connectivity index (χ2n) is 10.2. The van der Waals surface area contributed by atoms with Gasteiger partial charge in [0.15, 0.2) is 0 Å². The normalized spacial score (nSPS) is 22.5. The summed E-state index contributed by atoms with van der Waals surface area (Å²) in [5, 5.41) is 3.67. The second kappa shape index (κ2) is 8.20. The van der Waals surface area contributed by atoms with Crippen LogP contribution in [0.1, 0.15) is 43.1 Å². The van der Waals surface area contributed by atoms with E-state index in [1.165, 1.54) is 66.0 Å². The Morgan fingerprint density at radius 1 is 1.06 bits per heavy atom. The number of aromatic nitrogens is 2. The van der Waals surface area contributed by atoms with Crippen molar-refractivity contribution in [1.29, 1.82) is 0 Å². The summed E-state index contributed by atoms with van der Waals surface area (Å²) < 4.78 is 8.00. The number of hydrogen-bond donors (Lipinski definition) is 1. The quantitative estimate of drug-likeness (QED) is 0.648. The molecule has 2 saturated heterocycles. The van der Waals surface area contributed by atoms with E-state index in [1.807, 2.05) is 0 Å². The number of nitrogens with one attached hydrogen (secondary N) is 1. The highest BCUT2D eigenvalue weighted by atomic mass is 16.5. The summed E-state index contributed by atoms with van der Waals surface area (Å²) in [4.78, 5) is 7.89. The van der Waals surface area contributed by atoms with Crippen LogP contribution in [-0.2, 0) is 24.1 Å². The number of piperidine rings is 1. The topological polar surface area (TPSA) is 42.3 Å². The highest BCUT2D eigenvalue weighted by molar-refractivity contribution is 5.86. The van der Waals surface area contributed by atoms with Crippen molar-refractivity contribution in [3.8, 4) is 0 Å². The summed E-state index contributed by atoms with van der Waals surface area (Å²) in [5.74, 6) is 1.19. The minimum absolute atomic E-state index is 0.500. The molecule has 1 atom stereocenters. The van der Waals surface area contributed by atoms with E-state index < -0.39 is 0 Å². The molecule has 3 aliphatic heterocycles. The predicted molar refractivity (Wildman–Crippen MR) is 129 cm³/mol. The van der Waals surface area contributed by atoms with Crippen molar-refractivity contribution in [2.75, 3.05) is 38.2 Å². The molecule has 0 aliphatic carbocycles. The summed E-state index contributed by atoms with van der Waals surface area (Å²) >= 11 is 0. The molecule has 0 bridgehead atoms. The third kappa shape index (κ3) is 3.71. The predicted octanol–water partition coefficient (Wildman–Crippen LogP) is 4.49. The molecule has 0 amide bonds. The molecule has 168 valence electrons. The van der Waals surface area contributed by atoms with Crippen molar-refractivity contribution in [1.82, 2.24) is 14.5 Å². The molecule has 2 aromatic carbocycles. The zero-order valence-electron chi connectivity index (χ0n) is 19.1. The molecule has 32 heavy (non-hydrogen) atoms. The Kier molecular flexibility index (Phi) is 5.19. The molecule has 3 aromatic rings. The Bertz CT molecular complexity index is 1090. The maximum Gasteiger partial charge on any atom is 0.114 e. The number of fused-ring (bicyclic) bond motifs is 3. The van der Waals surface area contributed by atoms with Gasteiger partial charge in [-0.1, -0.05) is 30.3 Å². The van der Waals surface area contributed by atoms with Crippen LogP contribution < -0.4 is 5.32 Å². The summed E-state index contributed by atoms with van der Waals surface area (Å²) in [7, 11) is 0. The van der Waals surface area contributed by atoms with Crippen molar-refractivity contribution < 1.29 is 4.74 Å². The largest absolute Gasteiger partial charge is 0.382 e. The van der Waals surface area contributed by atoms with Crippen LogP contribution >= 0.6 is 0 Å². The van der Waals surface area contributed by atoms with Crippen LogP contribution in [0.25, 0.3) is 11.0 Å². The number of nitrogens with zero attached hydrogens (tertiary/aromatic N) is 3.